The highest BCUT2D eigenvalue weighted by molar-refractivity contribution is 6.22. The minimum absolute atomic E-state index is 0.00318. The van der Waals surface area contributed by atoms with E-state index in [0.29, 0.717) is 22.8 Å². The van der Waals surface area contributed by atoms with Crippen LogP contribution in [0.3, 0.4) is 0 Å². The summed E-state index contributed by atoms with van der Waals surface area (Å²) in [7, 11) is 1.43. The van der Waals surface area contributed by atoms with Crippen LogP contribution in [0.5, 0.6) is 11.5 Å². The van der Waals surface area contributed by atoms with Crippen molar-refractivity contribution in [3.05, 3.63) is 119 Å². The topological polar surface area (TPSA) is 134 Å². The number of nitrogens with zero attached hydrogens (tertiary/aromatic N) is 2. The highest BCUT2D eigenvalue weighted by atomic mass is 16.5. The molecule has 1 saturated heterocycles. The summed E-state index contributed by atoms with van der Waals surface area (Å²) in [4.78, 5) is 70.5. The van der Waals surface area contributed by atoms with E-state index < -0.39 is 41.7 Å². The van der Waals surface area contributed by atoms with Gasteiger partial charge < -0.3 is 25.0 Å². The summed E-state index contributed by atoms with van der Waals surface area (Å²) in [5, 5.41) is 5.45. The zero-order chi connectivity index (χ0) is 35.1. The SMILES string of the molecule is CCC(Oc1ccc(C)cc1C)C(=O)Nc1cccc(C(=O)C(C(=O)Nc2ccccc2OC)N2C(=O)CN(Cc3ccccc3)C2=O)c1. The van der Waals surface area contributed by atoms with Gasteiger partial charge in [-0.1, -0.05) is 79.2 Å². The van der Waals surface area contributed by atoms with E-state index in [1.165, 1.54) is 24.1 Å². The van der Waals surface area contributed by atoms with Gasteiger partial charge in [0.1, 0.15) is 18.0 Å². The van der Waals surface area contributed by atoms with Crippen molar-refractivity contribution in [3.63, 3.8) is 0 Å². The molecular weight excluding hydrogens is 624 g/mol. The minimum atomic E-state index is -1.85. The number of benzene rings is 4. The summed E-state index contributed by atoms with van der Waals surface area (Å²) < 4.78 is 11.4. The Bertz CT molecular complexity index is 1880. The molecular formula is C38H38N4O7. The van der Waals surface area contributed by atoms with Gasteiger partial charge in [-0.3, -0.25) is 19.2 Å². The first-order valence-electron chi connectivity index (χ1n) is 15.9. The Kier molecular flexibility index (Phi) is 10.7. The lowest BCUT2D eigenvalue weighted by Gasteiger charge is -2.25. The Morgan fingerprint density at radius 3 is 2.27 bits per heavy atom. The van der Waals surface area contributed by atoms with Crippen LogP contribution >= 0.6 is 0 Å². The average molecular weight is 663 g/mol. The maximum absolute atomic E-state index is 14.2. The van der Waals surface area contributed by atoms with Gasteiger partial charge in [0.05, 0.1) is 12.8 Å². The van der Waals surface area contributed by atoms with Crippen molar-refractivity contribution < 1.29 is 33.4 Å². The Morgan fingerprint density at radius 1 is 0.816 bits per heavy atom. The highest BCUT2D eigenvalue weighted by Crippen LogP contribution is 2.27. The summed E-state index contributed by atoms with van der Waals surface area (Å²) in [5.41, 5.74) is 3.27. The fourth-order valence-corrected chi connectivity index (χ4v) is 5.59. The van der Waals surface area contributed by atoms with Gasteiger partial charge >= 0.3 is 6.03 Å². The summed E-state index contributed by atoms with van der Waals surface area (Å²) >= 11 is 0. The molecule has 1 fully saturated rings. The van der Waals surface area contributed by atoms with E-state index in [9.17, 15) is 24.0 Å². The van der Waals surface area contributed by atoms with E-state index in [4.69, 9.17) is 9.47 Å². The number of para-hydroxylation sites is 2. The largest absolute Gasteiger partial charge is 0.495 e. The first-order chi connectivity index (χ1) is 23.6. The Hall–Kier alpha value is -5.97. The molecule has 0 aromatic heterocycles. The number of hydrogen-bond acceptors (Lipinski definition) is 7. The number of urea groups is 1. The molecule has 1 heterocycles. The molecule has 11 nitrogen and oxygen atoms in total. The molecule has 0 bridgehead atoms. The molecule has 0 aliphatic carbocycles. The molecule has 11 heteroatoms. The summed E-state index contributed by atoms with van der Waals surface area (Å²) in [6, 6.07) is 24.7. The van der Waals surface area contributed by atoms with Crippen LogP contribution in [-0.4, -0.2) is 65.1 Å². The van der Waals surface area contributed by atoms with Crippen molar-refractivity contribution in [2.45, 2.75) is 45.9 Å². The molecule has 0 saturated carbocycles. The molecule has 5 amide bonds. The van der Waals surface area contributed by atoms with Gasteiger partial charge in [0, 0.05) is 17.8 Å². The number of hydrogen-bond donors (Lipinski definition) is 2. The number of ether oxygens (including phenoxy) is 2. The maximum atomic E-state index is 14.2. The van der Waals surface area contributed by atoms with Gasteiger partial charge in [0.15, 0.2) is 17.9 Å². The predicted molar refractivity (Wildman–Crippen MR) is 185 cm³/mol. The van der Waals surface area contributed by atoms with Gasteiger partial charge in [0.25, 0.3) is 17.7 Å². The van der Waals surface area contributed by atoms with E-state index >= 15 is 0 Å². The number of rotatable bonds is 13. The fraction of sp³-hybridized carbons (Fsp3) is 0.237. The zero-order valence-corrected chi connectivity index (χ0v) is 27.8. The van der Waals surface area contributed by atoms with Crippen LogP contribution in [0, 0.1) is 13.8 Å². The fourth-order valence-electron chi connectivity index (χ4n) is 5.59. The molecule has 2 N–H and O–H groups in total. The van der Waals surface area contributed by atoms with Crippen molar-refractivity contribution in [2.24, 2.45) is 0 Å². The standard InChI is InChI=1S/C38H38N4O7/c1-5-30(49-31-19-18-24(2)20-25(31)3)36(45)39-28-15-11-14-27(21-28)35(44)34(37(46)40-29-16-9-10-17-32(29)48-4)42-33(43)23-41(38(42)47)22-26-12-7-6-8-13-26/h6-21,30,34H,5,22-23H2,1-4H3,(H,39,45)(H,40,46). The van der Waals surface area contributed by atoms with E-state index in [1.807, 2.05) is 69.3 Å². The lowest BCUT2D eigenvalue weighted by atomic mass is 10.0. The number of anilines is 2. The second-order valence-electron chi connectivity index (χ2n) is 11.7. The average Bonchev–Trinajstić information content (AvgIpc) is 3.36. The third-order valence-corrected chi connectivity index (χ3v) is 8.08. The van der Waals surface area contributed by atoms with Crippen molar-refractivity contribution in [1.82, 2.24) is 9.80 Å². The highest BCUT2D eigenvalue weighted by Gasteiger charge is 2.47. The van der Waals surface area contributed by atoms with Crippen LogP contribution in [0.15, 0.2) is 97.1 Å². The van der Waals surface area contributed by atoms with Crippen LogP contribution < -0.4 is 20.1 Å². The van der Waals surface area contributed by atoms with Gasteiger partial charge in [-0.2, -0.15) is 0 Å². The number of ketones is 1. The first-order valence-corrected chi connectivity index (χ1v) is 15.9. The lowest BCUT2D eigenvalue weighted by molar-refractivity contribution is -0.131. The van der Waals surface area contributed by atoms with Crippen molar-refractivity contribution in [3.8, 4) is 11.5 Å². The molecule has 5 rings (SSSR count). The molecule has 0 spiro atoms. The molecule has 252 valence electrons. The number of Topliss-reactive ketones (excluding diaryl/α,β-unsaturated/α-hetero) is 1. The van der Waals surface area contributed by atoms with Gasteiger partial charge in [-0.05, 0) is 61.7 Å². The summed E-state index contributed by atoms with van der Waals surface area (Å²) in [6.45, 7) is 5.50. The Balaban J connectivity index is 1.41. The van der Waals surface area contributed by atoms with Gasteiger partial charge in [-0.15, -0.1) is 0 Å². The van der Waals surface area contributed by atoms with Crippen LogP contribution in [-0.2, 0) is 20.9 Å². The number of imide groups is 1. The van der Waals surface area contributed by atoms with Crippen molar-refractivity contribution in [2.75, 3.05) is 24.3 Å². The third kappa shape index (κ3) is 7.95. The summed E-state index contributed by atoms with van der Waals surface area (Å²) in [6.07, 6.45) is -0.447. The number of carbonyl (C=O) groups excluding carboxylic acids is 5. The van der Waals surface area contributed by atoms with Crippen LogP contribution in [0.4, 0.5) is 16.2 Å². The molecule has 1 aliphatic heterocycles. The monoisotopic (exact) mass is 662 g/mol. The normalized spacial score (nSPS) is 13.9. The van der Waals surface area contributed by atoms with Crippen LogP contribution in [0.25, 0.3) is 0 Å². The molecule has 1 aliphatic rings. The van der Waals surface area contributed by atoms with E-state index in [0.717, 1.165) is 16.7 Å². The smallest absolute Gasteiger partial charge is 0.328 e. The number of methoxy groups -OCH3 is 1. The quantitative estimate of drug-likeness (QED) is 0.106. The van der Waals surface area contributed by atoms with E-state index in [-0.39, 0.29) is 30.0 Å². The molecule has 0 radical (unpaired) electrons. The lowest BCUT2D eigenvalue weighted by Crippen LogP contribution is -2.52. The molecule has 2 unspecified atom stereocenters. The maximum Gasteiger partial charge on any atom is 0.328 e. The molecule has 49 heavy (non-hydrogen) atoms. The van der Waals surface area contributed by atoms with Crippen molar-refractivity contribution in [1.29, 1.82) is 0 Å². The Labute approximate surface area is 284 Å². The number of aryl methyl sites for hydroxylation is 2. The van der Waals surface area contributed by atoms with Gasteiger partial charge in [0.2, 0.25) is 0 Å². The molecule has 2 atom stereocenters. The first kappa shape index (κ1) is 34.4. The Morgan fingerprint density at radius 2 is 1.55 bits per heavy atom. The molecule has 4 aromatic rings. The van der Waals surface area contributed by atoms with E-state index in [2.05, 4.69) is 10.6 Å². The summed E-state index contributed by atoms with van der Waals surface area (Å²) in [5.74, 6) is -1.94. The van der Waals surface area contributed by atoms with Crippen LogP contribution in [0.2, 0.25) is 0 Å². The molecule has 4 aromatic carbocycles. The zero-order valence-electron chi connectivity index (χ0n) is 27.8. The second kappa shape index (κ2) is 15.3. The third-order valence-electron chi connectivity index (χ3n) is 8.08. The predicted octanol–water partition coefficient (Wildman–Crippen LogP) is 5.76. The number of carbonyl (C=O) groups is 5. The van der Waals surface area contributed by atoms with Gasteiger partial charge in [-0.25, -0.2) is 9.69 Å². The van der Waals surface area contributed by atoms with Crippen molar-refractivity contribution >= 4 is 40.9 Å². The minimum Gasteiger partial charge on any atom is -0.495 e. The number of nitrogens with one attached hydrogen (secondary N) is 2. The number of amides is 5. The van der Waals surface area contributed by atoms with E-state index in [1.54, 1.807) is 36.4 Å². The second-order valence-corrected chi connectivity index (χ2v) is 11.7. The van der Waals surface area contributed by atoms with Crippen LogP contribution in [0.1, 0.15) is 40.4 Å².